The van der Waals surface area contributed by atoms with Gasteiger partial charge in [-0.05, 0) is 31.0 Å². The summed E-state index contributed by atoms with van der Waals surface area (Å²) >= 11 is 5.61. The molecule has 0 fully saturated rings. The molecule has 0 saturated carbocycles. The molecule has 2 aromatic rings. The number of rotatable bonds is 5. The molecule has 0 aliphatic rings. The first-order chi connectivity index (χ1) is 11.9. The molecule has 1 aromatic carbocycles. The number of nitrogens with zero attached hydrogens (tertiary/aromatic N) is 2. The van der Waals surface area contributed by atoms with Crippen molar-refractivity contribution >= 4 is 34.9 Å². The van der Waals surface area contributed by atoms with Crippen LogP contribution in [0.4, 0.5) is 15.9 Å². The number of aryl methyl sites for hydroxylation is 1. The topological polar surface area (TPSA) is 137 Å². The van der Waals surface area contributed by atoms with Crippen molar-refractivity contribution in [2.45, 2.75) is 12.8 Å². The van der Waals surface area contributed by atoms with Gasteiger partial charge in [-0.15, -0.1) is 0 Å². The molecule has 5 N–H and O–H groups in total. The van der Waals surface area contributed by atoms with Gasteiger partial charge in [-0.3, -0.25) is 14.7 Å². The highest BCUT2D eigenvalue weighted by Crippen LogP contribution is 2.18. The third-order valence-electron chi connectivity index (χ3n) is 3.26. The van der Waals surface area contributed by atoms with Crippen molar-refractivity contribution in [3.63, 3.8) is 0 Å². The number of H-pyrrole nitrogens is 1. The molecular formula is C15H14ClFN6O2. The number of carbonyl (C=O) groups is 2. The fourth-order valence-corrected chi connectivity index (χ4v) is 2.18. The van der Waals surface area contributed by atoms with Crippen molar-refractivity contribution in [1.29, 1.82) is 5.26 Å². The number of hydrogen-bond donors (Lipinski definition) is 4. The van der Waals surface area contributed by atoms with Crippen molar-refractivity contribution in [3.8, 4) is 6.07 Å². The second kappa shape index (κ2) is 8.12. The summed E-state index contributed by atoms with van der Waals surface area (Å²) in [4.78, 5) is 23.4. The quantitative estimate of drug-likeness (QED) is 0.468. The van der Waals surface area contributed by atoms with Gasteiger partial charge in [-0.1, -0.05) is 11.6 Å². The van der Waals surface area contributed by atoms with E-state index in [-0.39, 0.29) is 28.6 Å². The Morgan fingerprint density at radius 1 is 1.40 bits per heavy atom. The molecular weight excluding hydrogens is 351 g/mol. The summed E-state index contributed by atoms with van der Waals surface area (Å²) in [5.41, 5.74) is 6.19. The van der Waals surface area contributed by atoms with Crippen molar-refractivity contribution < 1.29 is 14.0 Å². The summed E-state index contributed by atoms with van der Waals surface area (Å²) in [6, 6.07) is 5.61. The van der Waals surface area contributed by atoms with E-state index in [1.807, 2.05) is 6.07 Å². The number of amides is 2. The van der Waals surface area contributed by atoms with E-state index in [0.717, 1.165) is 6.07 Å². The Labute approximate surface area is 147 Å². The highest BCUT2D eigenvalue weighted by molar-refractivity contribution is 6.39. The molecule has 0 aliphatic carbocycles. The minimum absolute atomic E-state index is 0.117. The average molecular weight is 365 g/mol. The molecule has 8 nitrogen and oxygen atoms in total. The van der Waals surface area contributed by atoms with Crippen LogP contribution in [0.2, 0.25) is 5.02 Å². The molecule has 0 aliphatic heterocycles. The largest absolute Gasteiger partial charge is 0.381 e. The van der Waals surface area contributed by atoms with Crippen molar-refractivity contribution in [2.24, 2.45) is 0 Å². The second-order valence-corrected chi connectivity index (χ2v) is 5.45. The summed E-state index contributed by atoms with van der Waals surface area (Å²) in [7, 11) is 0. The molecule has 2 rings (SSSR count). The van der Waals surface area contributed by atoms with E-state index >= 15 is 0 Å². The van der Waals surface area contributed by atoms with Gasteiger partial charge in [-0.25, -0.2) is 4.39 Å². The average Bonchev–Trinajstić information content (AvgIpc) is 2.93. The molecule has 0 saturated heterocycles. The van der Waals surface area contributed by atoms with Crippen LogP contribution in [0.5, 0.6) is 0 Å². The number of hydrogen-bond acceptors (Lipinski definition) is 5. The number of nitrogen functional groups attached to an aromatic ring is 1. The number of benzene rings is 1. The summed E-state index contributed by atoms with van der Waals surface area (Å²) < 4.78 is 13.6. The van der Waals surface area contributed by atoms with Crippen LogP contribution in [-0.2, 0) is 16.0 Å². The van der Waals surface area contributed by atoms with Gasteiger partial charge < -0.3 is 16.4 Å². The van der Waals surface area contributed by atoms with Crippen LogP contribution in [0.25, 0.3) is 0 Å². The number of anilines is 2. The van der Waals surface area contributed by atoms with Crippen LogP contribution < -0.4 is 16.4 Å². The molecule has 0 radical (unpaired) electrons. The molecule has 2 amide bonds. The van der Waals surface area contributed by atoms with Crippen molar-refractivity contribution in [1.82, 2.24) is 15.5 Å². The van der Waals surface area contributed by atoms with E-state index in [0.29, 0.717) is 18.5 Å². The number of carbonyl (C=O) groups excluding carboxylic acids is 2. The molecule has 25 heavy (non-hydrogen) atoms. The predicted octanol–water partition coefficient (Wildman–Crippen LogP) is 1.34. The summed E-state index contributed by atoms with van der Waals surface area (Å²) in [5, 5.41) is 20.0. The molecule has 1 heterocycles. The fourth-order valence-electron chi connectivity index (χ4n) is 2.02. The van der Waals surface area contributed by atoms with Gasteiger partial charge in [0.15, 0.2) is 5.82 Å². The Morgan fingerprint density at radius 2 is 2.16 bits per heavy atom. The monoisotopic (exact) mass is 364 g/mol. The lowest BCUT2D eigenvalue weighted by molar-refractivity contribution is -0.136. The van der Waals surface area contributed by atoms with E-state index in [9.17, 15) is 14.0 Å². The van der Waals surface area contributed by atoms with Crippen LogP contribution >= 0.6 is 11.6 Å². The van der Waals surface area contributed by atoms with E-state index in [2.05, 4.69) is 20.8 Å². The number of aromatic amines is 1. The second-order valence-electron chi connectivity index (χ2n) is 5.01. The van der Waals surface area contributed by atoms with Gasteiger partial charge >= 0.3 is 11.8 Å². The van der Waals surface area contributed by atoms with Crippen LogP contribution in [0.3, 0.4) is 0 Å². The number of nitrogens with two attached hydrogens (primary N) is 1. The minimum atomic E-state index is -0.996. The van der Waals surface area contributed by atoms with Crippen molar-refractivity contribution in [3.05, 3.63) is 40.3 Å². The molecule has 1 aromatic heterocycles. The summed E-state index contributed by atoms with van der Waals surface area (Å²) in [6.45, 7) is 0.180. The Balaban J connectivity index is 1.80. The predicted molar refractivity (Wildman–Crippen MR) is 89.1 cm³/mol. The minimum Gasteiger partial charge on any atom is -0.381 e. The third-order valence-corrected chi connectivity index (χ3v) is 3.49. The van der Waals surface area contributed by atoms with Crippen LogP contribution in [-0.4, -0.2) is 28.6 Å². The number of nitriles is 1. The maximum Gasteiger partial charge on any atom is 0.313 e. The Morgan fingerprint density at radius 3 is 2.84 bits per heavy atom. The van der Waals surface area contributed by atoms with Gasteiger partial charge in [0.25, 0.3) is 0 Å². The number of nitrogens with one attached hydrogen (secondary N) is 3. The fraction of sp³-hybridized carbons (Fsp3) is 0.200. The summed E-state index contributed by atoms with van der Waals surface area (Å²) in [6.07, 6.45) is 0.867. The van der Waals surface area contributed by atoms with Crippen LogP contribution in [0.15, 0.2) is 18.2 Å². The molecule has 0 spiro atoms. The summed E-state index contributed by atoms with van der Waals surface area (Å²) in [5.74, 6) is -2.52. The molecule has 0 unspecified atom stereocenters. The van der Waals surface area contributed by atoms with E-state index in [1.54, 1.807) is 0 Å². The standard InChI is InChI=1S/C15H14ClFN6O2/c16-8-3-4-12(10(17)6-8)21-15(25)14(24)20-5-1-2-11-9(7-18)13(19)23-22-11/h3-4,6H,1-2,5H2,(H,20,24)(H,21,25)(H3,19,22,23). The smallest absolute Gasteiger partial charge is 0.313 e. The SMILES string of the molecule is N#Cc1c(N)n[nH]c1CCCNC(=O)C(=O)Nc1ccc(Cl)cc1F. The van der Waals surface area contributed by atoms with Crippen LogP contribution in [0.1, 0.15) is 17.7 Å². The number of halogens is 2. The lowest BCUT2D eigenvalue weighted by Gasteiger charge is -2.07. The van der Waals surface area contributed by atoms with E-state index < -0.39 is 17.6 Å². The maximum absolute atomic E-state index is 13.6. The lowest BCUT2D eigenvalue weighted by atomic mass is 10.1. The first kappa shape index (κ1) is 18.2. The highest BCUT2D eigenvalue weighted by Gasteiger charge is 2.16. The molecule has 10 heteroatoms. The van der Waals surface area contributed by atoms with Crippen molar-refractivity contribution in [2.75, 3.05) is 17.6 Å². The first-order valence-corrected chi connectivity index (χ1v) is 7.57. The van der Waals surface area contributed by atoms with Gasteiger partial charge in [0, 0.05) is 11.6 Å². The zero-order valence-electron chi connectivity index (χ0n) is 12.9. The highest BCUT2D eigenvalue weighted by atomic mass is 35.5. The zero-order chi connectivity index (χ0) is 18.4. The van der Waals surface area contributed by atoms with Gasteiger partial charge in [0.05, 0.1) is 11.4 Å². The third kappa shape index (κ3) is 4.68. The van der Waals surface area contributed by atoms with E-state index in [4.69, 9.17) is 22.6 Å². The molecule has 130 valence electrons. The molecule has 0 atom stereocenters. The Bertz CT molecular complexity index is 845. The Hall–Kier alpha value is -3.12. The van der Waals surface area contributed by atoms with Gasteiger partial charge in [0.2, 0.25) is 0 Å². The van der Waals surface area contributed by atoms with Gasteiger partial charge in [-0.2, -0.15) is 10.4 Å². The zero-order valence-corrected chi connectivity index (χ0v) is 13.7. The first-order valence-electron chi connectivity index (χ1n) is 7.19. The van der Waals surface area contributed by atoms with Gasteiger partial charge in [0.1, 0.15) is 17.4 Å². The Kier molecular flexibility index (Phi) is 5.92. The van der Waals surface area contributed by atoms with Crippen LogP contribution in [0, 0.1) is 17.1 Å². The maximum atomic E-state index is 13.6. The normalized spacial score (nSPS) is 10.1. The lowest BCUT2D eigenvalue weighted by Crippen LogP contribution is -2.36. The number of aromatic nitrogens is 2. The van der Waals surface area contributed by atoms with E-state index in [1.165, 1.54) is 12.1 Å². The molecule has 0 bridgehead atoms.